The van der Waals surface area contributed by atoms with Crippen molar-refractivity contribution >= 4 is 18.3 Å². The van der Waals surface area contributed by atoms with Crippen molar-refractivity contribution in [1.29, 1.82) is 0 Å². The van der Waals surface area contributed by atoms with Gasteiger partial charge in [0.15, 0.2) is 5.69 Å². The number of ether oxygens (including phenoxy) is 1. The smallest absolute Gasteiger partial charge is 0.290 e. The van der Waals surface area contributed by atoms with Gasteiger partial charge in [0.2, 0.25) is 5.91 Å². The number of carboxylic acid groups (broad SMARTS) is 1. The van der Waals surface area contributed by atoms with Crippen LogP contribution in [0.3, 0.4) is 0 Å². The minimum atomic E-state index is -0.282. The molecule has 0 saturated carbocycles. The molecule has 2 aromatic rings. The van der Waals surface area contributed by atoms with Crippen molar-refractivity contribution in [3.8, 4) is 0 Å². The van der Waals surface area contributed by atoms with Gasteiger partial charge in [-0.15, -0.1) is 10.2 Å². The number of likely N-dealkylation sites (tertiary alicyclic amines) is 1. The third kappa shape index (κ3) is 4.07. The number of carbonyl (C=O) groups excluding carboxylic acids is 2. The van der Waals surface area contributed by atoms with E-state index in [9.17, 15) is 9.59 Å². The maximum Gasteiger partial charge on any atom is 0.290 e. The number of nitrogens with zero attached hydrogens (tertiary/aromatic N) is 6. The molecule has 13 heteroatoms. The largest absolute Gasteiger partial charge is 0.483 e. The molecule has 3 saturated heterocycles. The molecule has 0 radical (unpaired) electrons. The zero-order valence-electron chi connectivity index (χ0n) is 17.7. The van der Waals surface area contributed by atoms with Crippen LogP contribution < -0.4 is 5.32 Å². The van der Waals surface area contributed by atoms with Gasteiger partial charge in [-0.25, -0.2) is 0 Å². The van der Waals surface area contributed by atoms with Gasteiger partial charge in [0.1, 0.15) is 12.7 Å². The lowest BCUT2D eigenvalue weighted by molar-refractivity contribution is -0.123. The quantitative estimate of drug-likeness (QED) is 0.483. The van der Waals surface area contributed by atoms with Crippen molar-refractivity contribution in [2.75, 3.05) is 19.6 Å². The van der Waals surface area contributed by atoms with Crippen LogP contribution in [-0.2, 0) is 20.9 Å². The van der Waals surface area contributed by atoms with Crippen molar-refractivity contribution in [3.05, 3.63) is 24.0 Å². The van der Waals surface area contributed by atoms with Crippen molar-refractivity contribution in [3.63, 3.8) is 0 Å². The van der Waals surface area contributed by atoms with E-state index in [1.165, 1.54) is 0 Å². The Hall–Kier alpha value is -3.35. The fourth-order valence-corrected chi connectivity index (χ4v) is 5.14. The minimum absolute atomic E-state index is 0.000301. The molecule has 3 N–H and O–H groups in total. The van der Waals surface area contributed by atoms with Gasteiger partial charge in [-0.3, -0.25) is 14.4 Å². The second-order valence-corrected chi connectivity index (χ2v) is 8.33. The van der Waals surface area contributed by atoms with E-state index in [1.807, 2.05) is 4.90 Å². The maximum absolute atomic E-state index is 12.9. The normalized spacial score (nSPS) is 27.5. The van der Waals surface area contributed by atoms with E-state index in [2.05, 4.69) is 30.9 Å². The Labute approximate surface area is 183 Å². The van der Waals surface area contributed by atoms with Crippen LogP contribution in [0, 0.1) is 18.8 Å². The highest BCUT2D eigenvalue weighted by Crippen LogP contribution is 2.54. The van der Waals surface area contributed by atoms with Crippen LogP contribution in [0.4, 0.5) is 0 Å². The number of amides is 2. The van der Waals surface area contributed by atoms with Gasteiger partial charge in [0.25, 0.3) is 12.4 Å². The van der Waals surface area contributed by atoms with E-state index < -0.39 is 0 Å². The summed E-state index contributed by atoms with van der Waals surface area (Å²) in [5.74, 6) is 0.345. The fraction of sp³-hybridized carbons (Fsp3) is 0.632. The molecule has 4 atom stereocenters. The lowest BCUT2D eigenvalue weighted by Gasteiger charge is -2.29. The van der Waals surface area contributed by atoms with Crippen LogP contribution in [0.5, 0.6) is 0 Å². The molecule has 172 valence electrons. The number of rotatable bonds is 6. The third-order valence-electron chi connectivity index (χ3n) is 6.59. The highest BCUT2D eigenvalue weighted by molar-refractivity contribution is 5.93. The van der Waals surface area contributed by atoms with Crippen LogP contribution in [0.1, 0.15) is 35.4 Å². The van der Waals surface area contributed by atoms with Gasteiger partial charge < -0.3 is 24.6 Å². The average Bonchev–Trinajstić information content (AvgIpc) is 3.58. The van der Waals surface area contributed by atoms with Crippen molar-refractivity contribution in [2.45, 2.75) is 44.4 Å². The summed E-state index contributed by atoms with van der Waals surface area (Å²) in [5, 5.41) is 27.9. The molecule has 2 amide bonds. The van der Waals surface area contributed by atoms with E-state index in [0.29, 0.717) is 44.0 Å². The Bertz CT molecular complexity index is 963. The molecule has 0 aliphatic carbocycles. The molecule has 5 rings (SSSR count). The molecule has 0 unspecified atom stereocenters. The lowest BCUT2D eigenvalue weighted by Crippen LogP contribution is -2.42. The fourth-order valence-electron chi connectivity index (χ4n) is 5.14. The molecular formula is C19H26N8O5. The van der Waals surface area contributed by atoms with Gasteiger partial charge >= 0.3 is 0 Å². The summed E-state index contributed by atoms with van der Waals surface area (Å²) in [6.07, 6.45) is 5.67. The summed E-state index contributed by atoms with van der Waals surface area (Å²) in [6.45, 7) is 3.85. The van der Waals surface area contributed by atoms with Crippen LogP contribution >= 0.6 is 0 Å². The van der Waals surface area contributed by atoms with Crippen LogP contribution in [0.25, 0.3) is 0 Å². The summed E-state index contributed by atoms with van der Waals surface area (Å²) in [5.41, 5.74) is 0.692. The summed E-state index contributed by atoms with van der Waals surface area (Å²) in [4.78, 5) is 35.3. The Morgan fingerprint density at radius 3 is 2.81 bits per heavy atom. The minimum Gasteiger partial charge on any atom is -0.483 e. The second-order valence-electron chi connectivity index (χ2n) is 8.33. The average molecular weight is 446 g/mol. The summed E-state index contributed by atoms with van der Waals surface area (Å²) in [7, 11) is 0. The highest BCUT2D eigenvalue weighted by Gasteiger charge is 2.63. The monoisotopic (exact) mass is 446 g/mol. The first kappa shape index (κ1) is 21.9. The van der Waals surface area contributed by atoms with E-state index in [0.717, 1.165) is 12.8 Å². The number of nitrogens with one attached hydrogen (secondary N) is 2. The van der Waals surface area contributed by atoms with Crippen molar-refractivity contribution < 1.29 is 24.2 Å². The number of aromatic nitrogens is 6. The van der Waals surface area contributed by atoms with Crippen molar-refractivity contribution in [2.24, 2.45) is 11.8 Å². The van der Waals surface area contributed by atoms with E-state index in [4.69, 9.17) is 14.6 Å². The Morgan fingerprint density at radius 2 is 2.12 bits per heavy atom. The third-order valence-corrected chi connectivity index (χ3v) is 6.59. The number of aryl methyl sites for hydroxylation is 2. The Morgan fingerprint density at radius 1 is 1.38 bits per heavy atom. The van der Waals surface area contributed by atoms with E-state index in [-0.39, 0.29) is 41.8 Å². The number of hydrogen-bond donors (Lipinski definition) is 3. The molecule has 0 aromatic carbocycles. The second kappa shape index (κ2) is 9.02. The number of hydrogen-bond acceptors (Lipinski definition) is 8. The zero-order chi connectivity index (χ0) is 22.7. The highest BCUT2D eigenvalue weighted by atomic mass is 16.5. The lowest BCUT2D eigenvalue weighted by atomic mass is 9.73. The number of H-pyrrole nitrogens is 1. The van der Waals surface area contributed by atoms with Crippen molar-refractivity contribution in [1.82, 2.24) is 40.4 Å². The maximum atomic E-state index is 12.9. The molecule has 2 aromatic heterocycles. The summed E-state index contributed by atoms with van der Waals surface area (Å²) in [6, 6.07) is 0. The predicted octanol–water partition coefficient (Wildman–Crippen LogP) is -0.768. The van der Waals surface area contributed by atoms with Crippen LogP contribution in [0.15, 0.2) is 12.7 Å². The first-order valence-electron chi connectivity index (χ1n) is 10.5. The van der Waals surface area contributed by atoms with E-state index >= 15 is 0 Å². The molecule has 32 heavy (non-hydrogen) atoms. The molecule has 1 spiro atoms. The topological polar surface area (TPSA) is 168 Å². The number of carbonyl (C=O) groups is 3. The van der Waals surface area contributed by atoms with Gasteiger partial charge in [-0.2, -0.15) is 15.4 Å². The summed E-state index contributed by atoms with van der Waals surface area (Å²) >= 11 is 0. The summed E-state index contributed by atoms with van der Waals surface area (Å²) < 4.78 is 8.15. The molecule has 2 bridgehead atoms. The molecule has 3 fully saturated rings. The SMILES string of the molecule is Cc1n[nH]nc1C(=O)N1C[C@@H]2[C@H](CNC(=O)CCn3cnnc3)[C@H]3CC[C@]2(C1)O3.O=CO. The molecule has 5 heterocycles. The zero-order valence-corrected chi connectivity index (χ0v) is 17.7. The first-order valence-corrected chi connectivity index (χ1v) is 10.5. The molecule has 13 nitrogen and oxygen atoms in total. The van der Waals surface area contributed by atoms with Crippen LogP contribution in [-0.4, -0.2) is 89.8 Å². The number of aromatic amines is 1. The molecular weight excluding hydrogens is 420 g/mol. The van der Waals surface area contributed by atoms with E-state index in [1.54, 1.807) is 24.1 Å². The Kier molecular flexibility index (Phi) is 6.17. The van der Waals surface area contributed by atoms with Crippen LogP contribution in [0.2, 0.25) is 0 Å². The molecule has 3 aliphatic rings. The van der Waals surface area contributed by atoms with Gasteiger partial charge in [-0.1, -0.05) is 0 Å². The van der Waals surface area contributed by atoms with Gasteiger partial charge in [0, 0.05) is 37.9 Å². The van der Waals surface area contributed by atoms with Gasteiger partial charge in [-0.05, 0) is 19.8 Å². The first-order chi connectivity index (χ1) is 15.5. The Balaban J connectivity index is 0.000000775. The van der Waals surface area contributed by atoms with Gasteiger partial charge in [0.05, 0.1) is 23.9 Å². The number of fused-ring (bicyclic) bond motifs is 1. The predicted molar refractivity (Wildman–Crippen MR) is 107 cm³/mol. The standard InChI is InChI=1S/C18H24N8O3.CH2O2/c1-11-16(23-24-22-11)17(28)26-7-13-12(14-2-4-18(13,8-26)29-14)6-19-15(27)3-5-25-9-20-21-10-25;2-1-3/h9-10,12-14H,2-8H2,1H3,(H,19,27)(H,22,23,24);1H,(H,2,3)/t12-,13+,14+,18+;/m0./s1. The molecule has 3 aliphatic heterocycles.